The van der Waals surface area contributed by atoms with Crippen LogP contribution in [0.4, 0.5) is 0 Å². The Bertz CT molecular complexity index is 157. The fourth-order valence-corrected chi connectivity index (χ4v) is 8.24. The summed E-state index contributed by atoms with van der Waals surface area (Å²) in [6.45, 7) is 16.7. The van der Waals surface area contributed by atoms with Gasteiger partial charge >= 0.3 is 0 Å². The maximum absolute atomic E-state index is 2.78. The van der Waals surface area contributed by atoms with Gasteiger partial charge in [-0.05, 0) is 43.7 Å². The van der Waals surface area contributed by atoms with Crippen LogP contribution in [0.25, 0.3) is 0 Å². The van der Waals surface area contributed by atoms with Crippen molar-refractivity contribution in [2.45, 2.75) is 72.1 Å². The molecule has 0 spiro atoms. The second kappa shape index (κ2) is 10.3. The first kappa shape index (κ1) is 17.4. The normalized spacial score (nSPS) is 13.8. The highest BCUT2D eigenvalue weighted by Crippen LogP contribution is 2.03. The second-order valence-corrected chi connectivity index (χ2v) is 11.0. The van der Waals surface area contributed by atoms with Gasteiger partial charge in [-0.2, -0.15) is 0 Å². The lowest BCUT2D eigenvalue weighted by Crippen LogP contribution is -2.40. The van der Waals surface area contributed by atoms with Crippen LogP contribution in [0.15, 0.2) is 0 Å². The summed E-state index contributed by atoms with van der Waals surface area (Å²) in [5, 5.41) is 0. The van der Waals surface area contributed by atoms with Gasteiger partial charge < -0.3 is 9.13 Å². The molecule has 104 valence electrons. The zero-order chi connectivity index (χ0) is 13.3. The van der Waals surface area contributed by atoms with E-state index in [1.165, 1.54) is 25.9 Å². The summed E-state index contributed by atoms with van der Waals surface area (Å²) < 4.78 is 5.55. The minimum Gasteiger partial charge on any atom is -0.327 e. The molecular weight excluding hydrogens is 240 g/mol. The molecular formula is C13H34N2Si2. The van der Waals surface area contributed by atoms with E-state index in [9.17, 15) is 0 Å². The number of nitrogens with zero attached hydrogens (tertiary/aromatic N) is 2. The van der Waals surface area contributed by atoms with Gasteiger partial charge in [0.1, 0.15) is 0 Å². The van der Waals surface area contributed by atoms with Crippen LogP contribution in [0.2, 0.25) is 5.67 Å². The first-order chi connectivity index (χ1) is 8.02. The van der Waals surface area contributed by atoms with E-state index in [0.29, 0.717) is 0 Å². The topological polar surface area (TPSA) is 6.48 Å². The van der Waals surface area contributed by atoms with E-state index in [4.69, 9.17) is 0 Å². The summed E-state index contributed by atoms with van der Waals surface area (Å²) in [5.74, 6) is 0. The Morgan fingerprint density at radius 1 is 0.765 bits per heavy atom. The first-order valence-corrected chi connectivity index (χ1v) is 10.8. The van der Waals surface area contributed by atoms with Crippen LogP contribution in [-0.4, -0.2) is 53.7 Å². The SMILES string of the molecule is CCCN([SiH2]C[SiH2]N(CCC)C(C)C)C(C)C. The van der Waals surface area contributed by atoms with Crippen LogP contribution < -0.4 is 0 Å². The largest absolute Gasteiger partial charge is 0.327 e. The lowest BCUT2D eigenvalue weighted by Gasteiger charge is -2.29. The third kappa shape index (κ3) is 8.13. The third-order valence-corrected chi connectivity index (χ3v) is 9.14. The van der Waals surface area contributed by atoms with E-state index < -0.39 is 0 Å². The van der Waals surface area contributed by atoms with Crippen molar-refractivity contribution >= 4 is 19.4 Å². The van der Waals surface area contributed by atoms with Gasteiger partial charge in [-0.25, -0.2) is 0 Å². The fourth-order valence-electron chi connectivity index (χ4n) is 2.31. The van der Waals surface area contributed by atoms with Crippen molar-refractivity contribution in [1.82, 2.24) is 9.13 Å². The highest BCUT2D eigenvalue weighted by atomic mass is 28.3. The molecule has 0 atom stereocenters. The van der Waals surface area contributed by atoms with E-state index >= 15 is 0 Å². The van der Waals surface area contributed by atoms with Gasteiger partial charge in [0.2, 0.25) is 0 Å². The Morgan fingerprint density at radius 2 is 1.12 bits per heavy atom. The standard InChI is InChI=1S/C13H34N2Si2/c1-7-9-14(12(3)4)16-11-17-15(10-8-2)13(5)6/h12-13H,7-11,16-17H2,1-6H3. The monoisotopic (exact) mass is 274 g/mol. The quantitative estimate of drug-likeness (QED) is 0.560. The summed E-state index contributed by atoms with van der Waals surface area (Å²) in [6.07, 6.45) is 2.63. The number of hydrogen-bond donors (Lipinski definition) is 0. The summed E-state index contributed by atoms with van der Waals surface area (Å²) >= 11 is 0. The van der Waals surface area contributed by atoms with Crippen molar-refractivity contribution in [2.24, 2.45) is 0 Å². The molecule has 0 aliphatic rings. The molecule has 0 bridgehead atoms. The molecule has 0 aliphatic heterocycles. The van der Waals surface area contributed by atoms with Gasteiger partial charge in [0.05, 0.1) is 19.4 Å². The average Bonchev–Trinajstić information content (AvgIpc) is 2.26. The van der Waals surface area contributed by atoms with E-state index in [0.717, 1.165) is 12.1 Å². The molecule has 0 rings (SSSR count). The predicted molar refractivity (Wildman–Crippen MR) is 86.2 cm³/mol. The van der Waals surface area contributed by atoms with Crippen molar-refractivity contribution in [3.63, 3.8) is 0 Å². The van der Waals surface area contributed by atoms with Gasteiger partial charge in [0, 0.05) is 0 Å². The Balaban J connectivity index is 3.91. The molecule has 0 aromatic rings. The Hall–Kier alpha value is 0.354. The first-order valence-electron chi connectivity index (χ1n) is 7.50. The van der Waals surface area contributed by atoms with E-state index in [1.807, 2.05) is 0 Å². The average molecular weight is 275 g/mol. The molecule has 17 heavy (non-hydrogen) atoms. The predicted octanol–water partition coefficient (Wildman–Crippen LogP) is 1.77. The molecule has 0 aromatic carbocycles. The van der Waals surface area contributed by atoms with E-state index in [2.05, 4.69) is 50.7 Å². The second-order valence-electron chi connectivity index (χ2n) is 5.61. The zero-order valence-corrected chi connectivity index (χ0v) is 15.8. The molecule has 0 N–H and O–H groups in total. The zero-order valence-electron chi connectivity index (χ0n) is 13.0. The highest BCUT2D eigenvalue weighted by molar-refractivity contribution is 6.52. The van der Waals surface area contributed by atoms with Crippen LogP contribution in [0.3, 0.4) is 0 Å². The maximum Gasteiger partial charge on any atom is 0.0934 e. The van der Waals surface area contributed by atoms with Crippen molar-refractivity contribution in [2.75, 3.05) is 13.1 Å². The van der Waals surface area contributed by atoms with Crippen molar-refractivity contribution in [1.29, 1.82) is 0 Å². The van der Waals surface area contributed by atoms with Crippen LogP contribution in [0, 0.1) is 0 Å². The van der Waals surface area contributed by atoms with E-state index in [-0.39, 0.29) is 19.4 Å². The van der Waals surface area contributed by atoms with Crippen LogP contribution >= 0.6 is 0 Å². The van der Waals surface area contributed by atoms with Gasteiger partial charge in [0.25, 0.3) is 0 Å². The summed E-state index contributed by atoms with van der Waals surface area (Å²) in [6, 6.07) is 1.54. The summed E-state index contributed by atoms with van der Waals surface area (Å²) in [4.78, 5) is 0. The van der Waals surface area contributed by atoms with Gasteiger partial charge in [0.15, 0.2) is 0 Å². The van der Waals surface area contributed by atoms with Crippen LogP contribution in [-0.2, 0) is 0 Å². The lowest BCUT2D eigenvalue weighted by atomic mass is 10.4. The molecule has 0 amide bonds. The van der Waals surface area contributed by atoms with Crippen molar-refractivity contribution < 1.29 is 0 Å². The molecule has 0 saturated heterocycles. The molecule has 0 unspecified atom stereocenters. The van der Waals surface area contributed by atoms with Gasteiger partial charge in [-0.3, -0.25) is 0 Å². The molecule has 0 radical (unpaired) electrons. The molecule has 0 fully saturated rings. The Labute approximate surface area is 114 Å². The molecule has 0 saturated carbocycles. The lowest BCUT2D eigenvalue weighted by molar-refractivity contribution is 0.364. The van der Waals surface area contributed by atoms with Crippen LogP contribution in [0.1, 0.15) is 54.4 Å². The van der Waals surface area contributed by atoms with Crippen molar-refractivity contribution in [3.8, 4) is 0 Å². The fraction of sp³-hybridized carbons (Fsp3) is 1.00. The molecule has 4 heteroatoms. The molecule has 0 aromatic heterocycles. The molecule has 2 nitrogen and oxygen atoms in total. The third-order valence-electron chi connectivity index (χ3n) is 3.37. The smallest absolute Gasteiger partial charge is 0.0934 e. The minimum absolute atomic E-state index is 0.0285. The molecule has 0 heterocycles. The van der Waals surface area contributed by atoms with Gasteiger partial charge in [-0.1, -0.05) is 41.5 Å². The summed E-state index contributed by atoms with van der Waals surface area (Å²) in [7, 11) is 0.0569. The van der Waals surface area contributed by atoms with E-state index in [1.54, 1.807) is 5.67 Å². The van der Waals surface area contributed by atoms with Gasteiger partial charge in [-0.15, -0.1) is 0 Å². The Morgan fingerprint density at radius 3 is 1.35 bits per heavy atom. The van der Waals surface area contributed by atoms with Crippen molar-refractivity contribution in [3.05, 3.63) is 0 Å². The Kier molecular flexibility index (Phi) is 10.5. The minimum atomic E-state index is 0.0285. The molecule has 0 aliphatic carbocycles. The number of hydrogen-bond acceptors (Lipinski definition) is 2. The van der Waals surface area contributed by atoms with Crippen LogP contribution in [0.5, 0.6) is 0 Å². The maximum atomic E-state index is 2.78. The number of rotatable bonds is 10. The highest BCUT2D eigenvalue weighted by Gasteiger charge is 2.12. The summed E-state index contributed by atoms with van der Waals surface area (Å²) in [5.41, 5.74) is 1.58.